The van der Waals surface area contributed by atoms with Crippen LogP contribution in [0.1, 0.15) is 17.4 Å². The number of hydrogen-bond acceptors (Lipinski definition) is 5. The lowest BCUT2D eigenvalue weighted by molar-refractivity contribution is 0.102. The first kappa shape index (κ1) is 19.9. The molecule has 0 fully saturated rings. The molecule has 8 nitrogen and oxygen atoms in total. The average molecular weight is 465 g/mol. The van der Waals surface area contributed by atoms with Gasteiger partial charge in [0.25, 0.3) is 15.9 Å². The van der Waals surface area contributed by atoms with Gasteiger partial charge in [0.05, 0.1) is 6.61 Å². The molecule has 146 valence electrons. The Morgan fingerprint density at radius 1 is 1.14 bits per heavy atom. The van der Waals surface area contributed by atoms with Gasteiger partial charge in [0.15, 0.2) is 10.7 Å². The number of rotatable bonds is 7. The van der Waals surface area contributed by atoms with Crippen molar-refractivity contribution in [2.45, 2.75) is 11.9 Å². The number of amides is 1. The van der Waals surface area contributed by atoms with Crippen molar-refractivity contribution in [3.63, 3.8) is 0 Å². The number of sulfonamides is 1. The van der Waals surface area contributed by atoms with Gasteiger partial charge in [0, 0.05) is 21.9 Å². The third-order valence-corrected chi connectivity index (χ3v) is 5.36. The van der Waals surface area contributed by atoms with Crippen molar-refractivity contribution in [3.8, 4) is 5.75 Å². The summed E-state index contributed by atoms with van der Waals surface area (Å²) in [7, 11) is -3.93. The Hall–Kier alpha value is -2.85. The first-order chi connectivity index (χ1) is 13.4. The van der Waals surface area contributed by atoms with Gasteiger partial charge in [-0.25, -0.2) is 0 Å². The third kappa shape index (κ3) is 4.90. The second kappa shape index (κ2) is 8.44. The summed E-state index contributed by atoms with van der Waals surface area (Å²) in [6.07, 6.45) is 0. The van der Waals surface area contributed by atoms with Crippen LogP contribution in [0.3, 0.4) is 0 Å². The number of nitrogens with one attached hydrogen (secondary N) is 3. The molecule has 1 heterocycles. The lowest BCUT2D eigenvalue weighted by Crippen LogP contribution is -2.14. The van der Waals surface area contributed by atoms with Crippen LogP contribution in [0.2, 0.25) is 0 Å². The van der Waals surface area contributed by atoms with Gasteiger partial charge in [-0.05, 0) is 49.4 Å². The van der Waals surface area contributed by atoms with E-state index in [1.54, 1.807) is 42.5 Å². The lowest BCUT2D eigenvalue weighted by atomic mass is 10.3. The van der Waals surface area contributed by atoms with E-state index in [4.69, 9.17) is 4.74 Å². The van der Waals surface area contributed by atoms with Crippen molar-refractivity contribution in [1.82, 2.24) is 10.2 Å². The van der Waals surface area contributed by atoms with Gasteiger partial charge < -0.3 is 10.1 Å². The lowest BCUT2D eigenvalue weighted by Gasteiger charge is -2.07. The molecule has 1 aromatic heterocycles. The van der Waals surface area contributed by atoms with Crippen LogP contribution in [0.15, 0.2) is 64.1 Å². The molecule has 0 atom stereocenters. The number of carbonyl (C=O) groups is 1. The van der Waals surface area contributed by atoms with Crippen LogP contribution in [-0.2, 0) is 10.0 Å². The summed E-state index contributed by atoms with van der Waals surface area (Å²) >= 11 is 3.31. The highest BCUT2D eigenvalue weighted by molar-refractivity contribution is 9.10. The molecule has 0 unspecified atom stereocenters. The zero-order valence-electron chi connectivity index (χ0n) is 14.8. The fourth-order valence-corrected chi connectivity index (χ4v) is 3.70. The maximum atomic E-state index is 12.5. The Labute approximate surface area is 170 Å². The molecule has 28 heavy (non-hydrogen) atoms. The van der Waals surface area contributed by atoms with Gasteiger partial charge in [-0.3, -0.25) is 14.6 Å². The fraction of sp³-hybridized carbons (Fsp3) is 0.111. The molecule has 0 saturated heterocycles. The Morgan fingerprint density at radius 2 is 1.89 bits per heavy atom. The molecule has 2 aromatic carbocycles. The van der Waals surface area contributed by atoms with Crippen molar-refractivity contribution < 1.29 is 17.9 Å². The molecule has 0 aliphatic rings. The molecule has 1 amide bonds. The maximum absolute atomic E-state index is 12.5. The number of halogens is 1. The van der Waals surface area contributed by atoms with Crippen molar-refractivity contribution >= 4 is 43.2 Å². The van der Waals surface area contributed by atoms with Crippen molar-refractivity contribution in [1.29, 1.82) is 0 Å². The molecular weight excluding hydrogens is 448 g/mol. The highest BCUT2D eigenvalue weighted by atomic mass is 79.9. The van der Waals surface area contributed by atoms with Crippen LogP contribution in [0.5, 0.6) is 5.75 Å². The first-order valence-corrected chi connectivity index (χ1v) is 10.5. The van der Waals surface area contributed by atoms with Crippen molar-refractivity contribution in [2.75, 3.05) is 16.6 Å². The van der Waals surface area contributed by atoms with Crippen LogP contribution in [-0.4, -0.2) is 31.1 Å². The van der Waals surface area contributed by atoms with E-state index in [9.17, 15) is 13.2 Å². The smallest absolute Gasteiger partial charge is 0.278 e. The van der Waals surface area contributed by atoms with Gasteiger partial charge in [-0.15, -0.1) is 0 Å². The minimum Gasteiger partial charge on any atom is -0.494 e. The van der Waals surface area contributed by atoms with E-state index in [1.807, 2.05) is 13.0 Å². The summed E-state index contributed by atoms with van der Waals surface area (Å²) in [5.74, 6) is 0.107. The number of anilines is 2. The van der Waals surface area contributed by atoms with Crippen LogP contribution < -0.4 is 14.8 Å². The van der Waals surface area contributed by atoms with E-state index < -0.39 is 15.9 Å². The van der Waals surface area contributed by atoms with Gasteiger partial charge in [0.1, 0.15) is 5.75 Å². The predicted molar refractivity (Wildman–Crippen MR) is 109 cm³/mol. The topological polar surface area (TPSA) is 113 Å². The maximum Gasteiger partial charge on any atom is 0.278 e. The number of H-pyrrole nitrogens is 1. The largest absolute Gasteiger partial charge is 0.494 e. The van der Waals surface area contributed by atoms with E-state index in [0.717, 1.165) is 4.47 Å². The third-order valence-electron chi connectivity index (χ3n) is 3.58. The van der Waals surface area contributed by atoms with Crippen LogP contribution in [0, 0.1) is 0 Å². The van der Waals surface area contributed by atoms with Crippen LogP contribution in [0.25, 0.3) is 0 Å². The molecule has 0 aliphatic heterocycles. The molecule has 3 rings (SSSR count). The van der Waals surface area contributed by atoms with Crippen molar-refractivity contribution in [3.05, 3.63) is 64.8 Å². The number of aromatic nitrogens is 2. The Morgan fingerprint density at radius 3 is 2.57 bits per heavy atom. The molecule has 0 bridgehead atoms. The average Bonchev–Trinajstić information content (AvgIpc) is 3.15. The van der Waals surface area contributed by atoms with E-state index in [2.05, 4.69) is 36.2 Å². The van der Waals surface area contributed by atoms with Crippen LogP contribution >= 0.6 is 15.9 Å². The van der Waals surface area contributed by atoms with E-state index in [0.29, 0.717) is 23.7 Å². The minimum atomic E-state index is -3.93. The molecule has 0 saturated carbocycles. The summed E-state index contributed by atoms with van der Waals surface area (Å²) < 4.78 is 33.5. The van der Waals surface area contributed by atoms with Gasteiger partial charge in [-0.2, -0.15) is 13.5 Å². The number of aromatic amines is 1. The van der Waals surface area contributed by atoms with Gasteiger partial charge >= 0.3 is 0 Å². The van der Waals surface area contributed by atoms with Crippen molar-refractivity contribution in [2.24, 2.45) is 0 Å². The normalized spacial score (nSPS) is 11.1. The van der Waals surface area contributed by atoms with Gasteiger partial charge in [0.2, 0.25) is 0 Å². The highest BCUT2D eigenvalue weighted by Gasteiger charge is 2.20. The Balaban J connectivity index is 1.71. The summed E-state index contributed by atoms with van der Waals surface area (Å²) in [6.45, 7) is 2.38. The molecule has 3 aromatic rings. The minimum absolute atomic E-state index is 0.0490. The standard InChI is InChI=1S/C18H17BrN4O4S/c1-2-27-15-8-6-13(7-9-15)23-28(25,26)17-11-16(21-22-17)18(24)20-14-5-3-4-12(19)10-14/h3-11,23H,2H2,1H3,(H,20,24)(H,21,22). The molecule has 10 heteroatoms. The van der Waals surface area contributed by atoms with E-state index >= 15 is 0 Å². The summed E-state index contributed by atoms with van der Waals surface area (Å²) in [4.78, 5) is 12.3. The zero-order valence-corrected chi connectivity index (χ0v) is 17.2. The van der Waals surface area contributed by atoms with E-state index in [-0.39, 0.29) is 10.7 Å². The Kier molecular flexibility index (Phi) is 6.00. The molecule has 0 radical (unpaired) electrons. The summed E-state index contributed by atoms with van der Waals surface area (Å²) in [5, 5.41) is 8.60. The molecule has 0 spiro atoms. The predicted octanol–water partition coefficient (Wildman–Crippen LogP) is 3.62. The SMILES string of the molecule is CCOc1ccc(NS(=O)(=O)c2cc(C(=O)Nc3cccc(Br)c3)n[nH]2)cc1. The second-order valence-corrected chi connectivity index (χ2v) is 8.21. The number of hydrogen-bond donors (Lipinski definition) is 3. The number of ether oxygens (including phenoxy) is 1. The quantitative estimate of drug-likeness (QED) is 0.493. The second-order valence-electron chi connectivity index (χ2n) is 5.64. The molecular formula is C18H17BrN4O4S. The summed E-state index contributed by atoms with van der Waals surface area (Å²) in [5.41, 5.74) is 0.865. The number of benzene rings is 2. The zero-order chi connectivity index (χ0) is 20.1. The number of carbonyl (C=O) groups excluding carboxylic acids is 1. The summed E-state index contributed by atoms with van der Waals surface area (Å²) in [6, 6.07) is 14.7. The van der Waals surface area contributed by atoms with E-state index in [1.165, 1.54) is 6.07 Å². The number of nitrogens with zero attached hydrogens (tertiary/aromatic N) is 1. The van der Waals surface area contributed by atoms with Gasteiger partial charge in [-0.1, -0.05) is 22.0 Å². The molecule has 3 N–H and O–H groups in total. The highest BCUT2D eigenvalue weighted by Crippen LogP contribution is 2.20. The Bertz CT molecular complexity index is 1080. The molecule has 0 aliphatic carbocycles. The first-order valence-electron chi connectivity index (χ1n) is 8.25. The fourth-order valence-electron chi connectivity index (χ4n) is 2.32. The van der Waals surface area contributed by atoms with Crippen LogP contribution in [0.4, 0.5) is 11.4 Å². The monoisotopic (exact) mass is 464 g/mol.